The fourth-order valence-corrected chi connectivity index (χ4v) is 3.39. The molecule has 142 valence electrons. The fourth-order valence-electron chi connectivity index (χ4n) is 2.17. The molecule has 0 saturated heterocycles. The summed E-state index contributed by atoms with van der Waals surface area (Å²) in [5.74, 6) is -1.48. The third-order valence-corrected chi connectivity index (χ3v) is 9.78. The Balaban J connectivity index is 2.24. The standard InChI is InChI=1S/C19H27ClN2O3Si/c1-13(18(23)24)15-10-21-22(11-15)17-8-14(7-16(20)9-17)12-25-26(5,6)19(2,3)4/h7-11,13H,12H2,1-6H3,(H,23,24). The van der Waals surface area contributed by atoms with Gasteiger partial charge in [0.15, 0.2) is 8.32 Å². The summed E-state index contributed by atoms with van der Waals surface area (Å²) in [7, 11) is -1.86. The van der Waals surface area contributed by atoms with Crippen LogP contribution in [0.4, 0.5) is 0 Å². The molecule has 1 aromatic heterocycles. The van der Waals surface area contributed by atoms with Crippen molar-refractivity contribution in [3.63, 3.8) is 0 Å². The SMILES string of the molecule is CC(C(=O)O)c1cnn(-c2cc(Cl)cc(CO[Si](C)(C)C(C)(C)C)c2)c1. The van der Waals surface area contributed by atoms with Crippen molar-refractivity contribution in [1.82, 2.24) is 9.78 Å². The molecule has 0 radical (unpaired) electrons. The van der Waals surface area contributed by atoms with Gasteiger partial charge >= 0.3 is 5.97 Å². The summed E-state index contributed by atoms with van der Waals surface area (Å²) in [5.41, 5.74) is 2.41. The van der Waals surface area contributed by atoms with E-state index in [1.54, 1.807) is 30.1 Å². The second-order valence-corrected chi connectivity index (χ2v) is 13.4. The summed E-state index contributed by atoms with van der Waals surface area (Å²) in [5, 5.41) is 14.2. The van der Waals surface area contributed by atoms with E-state index in [4.69, 9.17) is 21.1 Å². The molecule has 1 unspecified atom stereocenters. The second kappa shape index (κ2) is 7.54. The van der Waals surface area contributed by atoms with Crippen LogP contribution in [0.5, 0.6) is 0 Å². The van der Waals surface area contributed by atoms with Crippen LogP contribution in [0.3, 0.4) is 0 Å². The molecule has 0 spiro atoms. The summed E-state index contributed by atoms with van der Waals surface area (Å²) in [6, 6.07) is 5.67. The quantitative estimate of drug-likeness (QED) is 0.680. The molecule has 5 nitrogen and oxygen atoms in total. The number of aliphatic carboxylic acids is 1. The minimum atomic E-state index is -1.86. The molecular formula is C19H27ClN2O3Si. The topological polar surface area (TPSA) is 64.3 Å². The molecule has 0 bridgehead atoms. The summed E-state index contributed by atoms with van der Waals surface area (Å²) in [6.07, 6.45) is 3.30. The Morgan fingerprint density at radius 1 is 1.35 bits per heavy atom. The Kier molecular flexibility index (Phi) is 6.00. The first-order chi connectivity index (χ1) is 11.9. The molecule has 0 saturated carbocycles. The van der Waals surface area contributed by atoms with Gasteiger partial charge in [0, 0.05) is 16.8 Å². The van der Waals surface area contributed by atoms with Crippen molar-refractivity contribution in [3.8, 4) is 5.69 Å². The van der Waals surface area contributed by atoms with Crippen LogP contribution in [0.25, 0.3) is 5.69 Å². The lowest BCUT2D eigenvalue weighted by molar-refractivity contribution is -0.138. The van der Waals surface area contributed by atoms with Gasteiger partial charge in [-0.3, -0.25) is 4.79 Å². The van der Waals surface area contributed by atoms with Gasteiger partial charge in [0.25, 0.3) is 0 Å². The third kappa shape index (κ3) is 4.75. The molecular weight excluding hydrogens is 368 g/mol. The first-order valence-corrected chi connectivity index (χ1v) is 11.9. The summed E-state index contributed by atoms with van der Waals surface area (Å²) in [6.45, 7) is 13.2. The minimum Gasteiger partial charge on any atom is -0.481 e. The summed E-state index contributed by atoms with van der Waals surface area (Å²) < 4.78 is 7.92. The molecule has 26 heavy (non-hydrogen) atoms. The largest absolute Gasteiger partial charge is 0.481 e. The van der Waals surface area contributed by atoms with Crippen LogP contribution in [-0.4, -0.2) is 29.2 Å². The number of carboxylic acids is 1. The van der Waals surface area contributed by atoms with Gasteiger partial charge in [-0.1, -0.05) is 32.4 Å². The lowest BCUT2D eigenvalue weighted by atomic mass is 10.1. The van der Waals surface area contributed by atoms with Crippen LogP contribution in [0.15, 0.2) is 30.6 Å². The monoisotopic (exact) mass is 394 g/mol. The summed E-state index contributed by atoms with van der Waals surface area (Å²) >= 11 is 6.28. The number of nitrogens with zero attached hydrogens (tertiary/aromatic N) is 2. The second-order valence-electron chi connectivity index (χ2n) is 8.14. The van der Waals surface area contributed by atoms with Crippen molar-refractivity contribution in [2.45, 2.75) is 58.4 Å². The van der Waals surface area contributed by atoms with E-state index in [0.717, 1.165) is 11.3 Å². The zero-order valence-corrected chi connectivity index (χ0v) is 18.0. The average molecular weight is 395 g/mol. The van der Waals surface area contributed by atoms with Gasteiger partial charge in [-0.15, -0.1) is 0 Å². The predicted molar refractivity (Wildman–Crippen MR) is 107 cm³/mol. The van der Waals surface area contributed by atoms with Crippen molar-refractivity contribution in [2.75, 3.05) is 0 Å². The number of hydrogen-bond acceptors (Lipinski definition) is 3. The Morgan fingerprint density at radius 3 is 2.58 bits per heavy atom. The lowest BCUT2D eigenvalue weighted by Gasteiger charge is -2.36. The highest BCUT2D eigenvalue weighted by Gasteiger charge is 2.37. The van der Waals surface area contributed by atoms with Gasteiger partial charge in [0.1, 0.15) is 0 Å². The molecule has 1 heterocycles. The van der Waals surface area contributed by atoms with E-state index < -0.39 is 20.2 Å². The van der Waals surface area contributed by atoms with E-state index in [1.807, 2.05) is 12.1 Å². The molecule has 2 aromatic rings. The number of rotatable bonds is 6. The third-order valence-electron chi connectivity index (χ3n) is 5.09. The number of benzene rings is 1. The Labute approximate surface area is 161 Å². The highest BCUT2D eigenvalue weighted by Crippen LogP contribution is 2.37. The van der Waals surface area contributed by atoms with Crippen molar-refractivity contribution in [3.05, 3.63) is 46.7 Å². The van der Waals surface area contributed by atoms with Gasteiger partial charge < -0.3 is 9.53 Å². The van der Waals surface area contributed by atoms with Gasteiger partial charge in [-0.25, -0.2) is 4.68 Å². The van der Waals surface area contributed by atoms with Gasteiger partial charge in [0.05, 0.1) is 24.4 Å². The molecule has 1 aromatic carbocycles. The Bertz CT molecular complexity index is 796. The lowest BCUT2D eigenvalue weighted by Crippen LogP contribution is -2.40. The predicted octanol–water partition coefficient (Wildman–Crippen LogP) is 5.24. The van der Waals surface area contributed by atoms with Crippen molar-refractivity contribution < 1.29 is 14.3 Å². The van der Waals surface area contributed by atoms with Crippen LogP contribution < -0.4 is 0 Å². The van der Waals surface area contributed by atoms with Crippen LogP contribution in [0.2, 0.25) is 23.2 Å². The maximum atomic E-state index is 11.1. The average Bonchev–Trinajstić information content (AvgIpc) is 3.00. The zero-order valence-electron chi connectivity index (χ0n) is 16.2. The maximum Gasteiger partial charge on any atom is 0.310 e. The molecule has 0 aliphatic rings. The van der Waals surface area contributed by atoms with E-state index in [0.29, 0.717) is 17.2 Å². The molecule has 0 amide bonds. The van der Waals surface area contributed by atoms with Crippen LogP contribution >= 0.6 is 11.6 Å². The van der Waals surface area contributed by atoms with E-state index >= 15 is 0 Å². The molecule has 1 atom stereocenters. The number of hydrogen-bond donors (Lipinski definition) is 1. The highest BCUT2D eigenvalue weighted by molar-refractivity contribution is 6.74. The molecule has 1 N–H and O–H groups in total. The Hall–Kier alpha value is -1.63. The molecule has 2 rings (SSSR count). The minimum absolute atomic E-state index is 0.137. The van der Waals surface area contributed by atoms with Crippen molar-refractivity contribution in [1.29, 1.82) is 0 Å². The van der Waals surface area contributed by atoms with Gasteiger partial charge in [-0.2, -0.15) is 5.10 Å². The van der Waals surface area contributed by atoms with Crippen molar-refractivity contribution >= 4 is 25.9 Å². The smallest absolute Gasteiger partial charge is 0.310 e. The highest BCUT2D eigenvalue weighted by atomic mass is 35.5. The molecule has 0 aliphatic carbocycles. The van der Waals surface area contributed by atoms with E-state index in [2.05, 4.69) is 39.0 Å². The molecule has 0 aliphatic heterocycles. The molecule has 0 fully saturated rings. The van der Waals surface area contributed by atoms with Crippen LogP contribution in [-0.2, 0) is 15.8 Å². The van der Waals surface area contributed by atoms with Gasteiger partial charge in [0.2, 0.25) is 0 Å². The van der Waals surface area contributed by atoms with Crippen LogP contribution in [0, 0.1) is 0 Å². The number of carboxylic acid groups (broad SMARTS) is 1. The Morgan fingerprint density at radius 2 is 2.00 bits per heavy atom. The van der Waals surface area contributed by atoms with Crippen molar-refractivity contribution in [2.24, 2.45) is 0 Å². The molecule has 7 heteroatoms. The van der Waals surface area contributed by atoms with E-state index in [1.165, 1.54) is 0 Å². The zero-order chi connectivity index (χ0) is 19.7. The maximum absolute atomic E-state index is 11.1. The van der Waals surface area contributed by atoms with E-state index in [-0.39, 0.29) is 5.04 Å². The van der Waals surface area contributed by atoms with Crippen LogP contribution in [0.1, 0.15) is 44.7 Å². The normalized spacial score (nSPS) is 13.7. The summed E-state index contributed by atoms with van der Waals surface area (Å²) in [4.78, 5) is 11.1. The first-order valence-electron chi connectivity index (χ1n) is 8.62. The number of carbonyl (C=O) groups is 1. The first kappa shape index (κ1) is 20.7. The van der Waals surface area contributed by atoms with E-state index in [9.17, 15) is 4.79 Å². The van der Waals surface area contributed by atoms with Gasteiger partial charge in [-0.05, 0) is 48.8 Å². The number of aromatic nitrogens is 2. The fraction of sp³-hybridized carbons (Fsp3) is 0.474. The number of halogens is 1.